The van der Waals surface area contributed by atoms with Crippen molar-refractivity contribution in [2.24, 2.45) is 7.05 Å². The molecule has 1 aliphatic heterocycles. The fraction of sp³-hybridized carbons (Fsp3) is 0.357. The number of fused-ring (bicyclic) bond motifs is 1. The SMILES string of the molecule is Cn1ccc(NCCC2CNc3ccccc32)n1. The molecule has 3 rings (SSSR count). The van der Waals surface area contributed by atoms with Crippen LogP contribution in [0.5, 0.6) is 0 Å². The Labute approximate surface area is 107 Å². The average molecular weight is 242 g/mol. The Morgan fingerprint density at radius 1 is 1.39 bits per heavy atom. The average Bonchev–Trinajstić information content (AvgIpc) is 2.97. The van der Waals surface area contributed by atoms with Crippen molar-refractivity contribution in [1.29, 1.82) is 0 Å². The molecule has 1 aliphatic rings. The summed E-state index contributed by atoms with van der Waals surface area (Å²) < 4.78 is 1.81. The van der Waals surface area contributed by atoms with Gasteiger partial charge in [0.25, 0.3) is 0 Å². The van der Waals surface area contributed by atoms with E-state index in [1.165, 1.54) is 11.3 Å². The Morgan fingerprint density at radius 3 is 3.11 bits per heavy atom. The van der Waals surface area contributed by atoms with E-state index in [-0.39, 0.29) is 0 Å². The van der Waals surface area contributed by atoms with E-state index in [1.807, 2.05) is 24.0 Å². The standard InChI is InChI=1S/C14H18N4/c1-18-9-7-14(17-18)15-8-6-11-10-16-13-5-3-2-4-12(11)13/h2-5,7,9,11,16H,6,8,10H2,1H3,(H,15,17). The smallest absolute Gasteiger partial charge is 0.147 e. The summed E-state index contributed by atoms with van der Waals surface area (Å²) in [6, 6.07) is 10.6. The minimum atomic E-state index is 0.609. The van der Waals surface area contributed by atoms with E-state index >= 15 is 0 Å². The number of anilines is 2. The zero-order chi connectivity index (χ0) is 12.4. The number of nitrogens with zero attached hydrogens (tertiary/aromatic N) is 2. The number of aromatic nitrogens is 2. The van der Waals surface area contributed by atoms with Gasteiger partial charge in [-0.25, -0.2) is 0 Å². The Balaban J connectivity index is 1.56. The molecule has 18 heavy (non-hydrogen) atoms. The molecule has 0 bridgehead atoms. The Hall–Kier alpha value is -1.97. The van der Waals surface area contributed by atoms with Crippen molar-refractivity contribution >= 4 is 11.5 Å². The number of hydrogen-bond acceptors (Lipinski definition) is 3. The minimum Gasteiger partial charge on any atom is -0.384 e. The van der Waals surface area contributed by atoms with Crippen LogP contribution in [-0.4, -0.2) is 22.9 Å². The summed E-state index contributed by atoms with van der Waals surface area (Å²) in [5.41, 5.74) is 2.74. The maximum atomic E-state index is 4.31. The third kappa shape index (κ3) is 2.18. The molecule has 1 aromatic heterocycles. The summed E-state index contributed by atoms with van der Waals surface area (Å²) in [6.07, 6.45) is 3.08. The van der Waals surface area contributed by atoms with Crippen LogP contribution in [0.15, 0.2) is 36.5 Å². The van der Waals surface area contributed by atoms with Gasteiger partial charge in [0, 0.05) is 44.0 Å². The summed E-state index contributed by atoms with van der Waals surface area (Å²) in [5.74, 6) is 1.56. The molecule has 2 heterocycles. The van der Waals surface area contributed by atoms with Crippen LogP contribution in [0, 0.1) is 0 Å². The Bertz CT molecular complexity index is 532. The molecule has 2 aromatic rings. The van der Waals surface area contributed by atoms with Gasteiger partial charge < -0.3 is 10.6 Å². The van der Waals surface area contributed by atoms with Crippen molar-refractivity contribution in [3.05, 3.63) is 42.1 Å². The van der Waals surface area contributed by atoms with Crippen molar-refractivity contribution in [2.75, 3.05) is 23.7 Å². The molecule has 0 spiro atoms. The van der Waals surface area contributed by atoms with Gasteiger partial charge in [0.15, 0.2) is 0 Å². The van der Waals surface area contributed by atoms with Gasteiger partial charge >= 0.3 is 0 Å². The number of para-hydroxylation sites is 1. The summed E-state index contributed by atoms with van der Waals surface area (Å²) in [4.78, 5) is 0. The largest absolute Gasteiger partial charge is 0.384 e. The highest BCUT2D eigenvalue weighted by molar-refractivity contribution is 5.57. The minimum absolute atomic E-state index is 0.609. The van der Waals surface area contributed by atoms with Gasteiger partial charge in [0.05, 0.1) is 0 Å². The van der Waals surface area contributed by atoms with Crippen LogP contribution in [0.3, 0.4) is 0 Å². The first kappa shape index (κ1) is 11.1. The fourth-order valence-electron chi connectivity index (χ4n) is 2.50. The Morgan fingerprint density at radius 2 is 2.28 bits per heavy atom. The molecule has 0 amide bonds. The normalized spacial score (nSPS) is 17.3. The van der Waals surface area contributed by atoms with Crippen LogP contribution in [0.1, 0.15) is 17.9 Å². The molecule has 1 aromatic carbocycles. The number of aryl methyl sites for hydroxylation is 1. The topological polar surface area (TPSA) is 41.9 Å². The zero-order valence-corrected chi connectivity index (χ0v) is 10.6. The van der Waals surface area contributed by atoms with Crippen LogP contribution in [-0.2, 0) is 7.05 Å². The van der Waals surface area contributed by atoms with Crippen molar-refractivity contribution in [3.8, 4) is 0 Å². The van der Waals surface area contributed by atoms with E-state index in [0.29, 0.717) is 5.92 Å². The van der Waals surface area contributed by atoms with Crippen LogP contribution < -0.4 is 10.6 Å². The van der Waals surface area contributed by atoms with E-state index < -0.39 is 0 Å². The highest BCUT2D eigenvalue weighted by atomic mass is 15.3. The number of hydrogen-bond donors (Lipinski definition) is 2. The third-order valence-electron chi connectivity index (χ3n) is 3.45. The van der Waals surface area contributed by atoms with Crippen molar-refractivity contribution in [3.63, 3.8) is 0 Å². The summed E-state index contributed by atoms with van der Waals surface area (Å²) >= 11 is 0. The zero-order valence-electron chi connectivity index (χ0n) is 10.6. The molecule has 1 atom stereocenters. The summed E-state index contributed by atoms with van der Waals surface area (Å²) in [6.45, 7) is 2.00. The molecule has 0 aliphatic carbocycles. The van der Waals surface area contributed by atoms with Gasteiger partial charge in [0.2, 0.25) is 0 Å². The molecular formula is C14H18N4. The molecule has 4 heteroatoms. The second-order valence-electron chi connectivity index (χ2n) is 4.76. The van der Waals surface area contributed by atoms with Gasteiger partial charge in [-0.3, -0.25) is 4.68 Å². The van der Waals surface area contributed by atoms with Gasteiger partial charge in [-0.2, -0.15) is 5.10 Å². The molecule has 1 unspecified atom stereocenters. The van der Waals surface area contributed by atoms with Gasteiger partial charge in [-0.1, -0.05) is 18.2 Å². The molecular weight excluding hydrogens is 224 g/mol. The lowest BCUT2D eigenvalue weighted by molar-refractivity contribution is 0.696. The van der Waals surface area contributed by atoms with E-state index in [1.54, 1.807) is 0 Å². The lowest BCUT2D eigenvalue weighted by Crippen LogP contribution is -2.10. The molecule has 94 valence electrons. The van der Waals surface area contributed by atoms with Gasteiger partial charge in [0.1, 0.15) is 5.82 Å². The molecule has 2 N–H and O–H groups in total. The van der Waals surface area contributed by atoms with Crippen LogP contribution in [0.25, 0.3) is 0 Å². The van der Waals surface area contributed by atoms with E-state index in [9.17, 15) is 0 Å². The number of rotatable bonds is 4. The predicted octanol–water partition coefficient (Wildman–Crippen LogP) is 2.43. The quantitative estimate of drug-likeness (QED) is 0.865. The maximum Gasteiger partial charge on any atom is 0.147 e. The van der Waals surface area contributed by atoms with Crippen molar-refractivity contribution in [1.82, 2.24) is 9.78 Å². The molecule has 4 nitrogen and oxygen atoms in total. The first-order chi connectivity index (χ1) is 8.83. The molecule has 0 radical (unpaired) electrons. The fourth-order valence-corrected chi connectivity index (χ4v) is 2.50. The summed E-state index contributed by atoms with van der Waals surface area (Å²) in [5, 5.41) is 11.1. The van der Waals surface area contributed by atoms with Crippen LogP contribution in [0.2, 0.25) is 0 Å². The highest BCUT2D eigenvalue weighted by Crippen LogP contribution is 2.32. The number of nitrogens with one attached hydrogen (secondary N) is 2. The lowest BCUT2D eigenvalue weighted by atomic mass is 9.98. The van der Waals surface area contributed by atoms with E-state index in [4.69, 9.17) is 0 Å². The van der Waals surface area contributed by atoms with Crippen molar-refractivity contribution in [2.45, 2.75) is 12.3 Å². The molecule has 0 saturated heterocycles. The monoisotopic (exact) mass is 242 g/mol. The second kappa shape index (κ2) is 4.72. The maximum absolute atomic E-state index is 4.31. The van der Waals surface area contributed by atoms with Crippen LogP contribution >= 0.6 is 0 Å². The van der Waals surface area contributed by atoms with Crippen LogP contribution in [0.4, 0.5) is 11.5 Å². The highest BCUT2D eigenvalue weighted by Gasteiger charge is 2.20. The van der Waals surface area contributed by atoms with Gasteiger partial charge in [-0.05, 0) is 18.1 Å². The predicted molar refractivity (Wildman–Crippen MR) is 74.0 cm³/mol. The molecule has 0 fully saturated rings. The lowest BCUT2D eigenvalue weighted by Gasteiger charge is -2.10. The van der Waals surface area contributed by atoms with E-state index in [2.05, 4.69) is 40.0 Å². The number of benzene rings is 1. The Kier molecular flexibility index (Phi) is 2.92. The van der Waals surface area contributed by atoms with Crippen molar-refractivity contribution < 1.29 is 0 Å². The second-order valence-corrected chi connectivity index (χ2v) is 4.76. The summed E-state index contributed by atoms with van der Waals surface area (Å²) in [7, 11) is 1.93. The molecule has 0 saturated carbocycles. The first-order valence-electron chi connectivity index (χ1n) is 6.39. The first-order valence-corrected chi connectivity index (χ1v) is 6.39. The van der Waals surface area contributed by atoms with Gasteiger partial charge in [-0.15, -0.1) is 0 Å². The van der Waals surface area contributed by atoms with E-state index in [0.717, 1.165) is 25.3 Å². The third-order valence-corrected chi connectivity index (χ3v) is 3.45.